The van der Waals surface area contributed by atoms with Crippen LogP contribution >= 0.6 is 0 Å². The highest BCUT2D eigenvalue weighted by molar-refractivity contribution is 5.26. The first-order valence-corrected chi connectivity index (χ1v) is 5.51. The van der Waals surface area contributed by atoms with E-state index in [0.29, 0.717) is 0 Å². The molecule has 14 heavy (non-hydrogen) atoms. The van der Waals surface area contributed by atoms with Gasteiger partial charge in [0.25, 0.3) is 0 Å². The molecule has 0 unspecified atom stereocenters. The number of rotatable bonds is 4. The van der Waals surface area contributed by atoms with Crippen molar-refractivity contribution in [2.45, 2.75) is 32.4 Å². The Kier molecular flexibility index (Phi) is 4.08. The predicted molar refractivity (Wildman–Crippen MR) is 61.9 cm³/mol. The van der Waals surface area contributed by atoms with E-state index in [0.717, 1.165) is 31.8 Å². The summed E-state index contributed by atoms with van der Waals surface area (Å²) in [5, 5.41) is 3.29. The molecule has 1 aliphatic heterocycles. The largest absolute Gasteiger partial charge is 0.303 e. The summed E-state index contributed by atoms with van der Waals surface area (Å²) < 4.78 is 0. The molecule has 0 aromatic rings. The van der Waals surface area contributed by atoms with E-state index < -0.39 is 0 Å². The van der Waals surface area contributed by atoms with Crippen LogP contribution in [0, 0.1) is 5.92 Å². The van der Waals surface area contributed by atoms with Crippen molar-refractivity contribution in [2.24, 2.45) is 10.9 Å². The molecule has 0 amide bonds. The van der Waals surface area contributed by atoms with Crippen LogP contribution in [-0.2, 0) is 0 Å². The monoisotopic (exact) mass is 197 g/mol. The van der Waals surface area contributed by atoms with Crippen molar-refractivity contribution in [3.63, 3.8) is 0 Å². The summed E-state index contributed by atoms with van der Waals surface area (Å²) in [5.74, 6) is 0.758. The van der Waals surface area contributed by atoms with Crippen LogP contribution in [0.5, 0.6) is 0 Å². The zero-order chi connectivity index (χ0) is 10.6. The Labute approximate surface area is 87.6 Å². The lowest BCUT2D eigenvalue weighted by atomic mass is 9.97. The van der Waals surface area contributed by atoms with Crippen molar-refractivity contribution in [3.8, 4) is 0 Å². The quantitative estimate of drug-likeness (QED) is 0.689. The maximum absolute atomic E-state index is 4.22. The molecule has 3 heteroatoms. The highest BCUT2D eigenvalue weighted by Gasteiger charge is 2.31. The van der Waals surface area contributed by atoms with Crippen molar-refractivity contribution < 1.29 is 0 Å². The Morgan fingerprint density at radius 1 is 1.43 bits per heavy atom. The van der Waals surface area contributed by atoms with Crippen molar-refractivity contribution in [3.05, 3.63) is 0 Å². The van der Waals surface area contributed by atoms with Gasteiger partial charge in [0.2, 0.25) is 0 Å². The first-order valence-electron chi connectivity index (χ1n) is 5.51. The summed E-state index contributed by atoms with van der Waals surface area (Å²) in [7, 11) is 1.98. The van der Waals surface area contributed by atoms with E-state index in [4.69, 9.17) is 0 Å². The molecule has 0 spiro atoms. The average molecular weight is 197 g/mol. The molecule has 1 rings (SSSR count). The summed E-state index contributed by atoms with van der Waals surface area (Å²) in [4.78, 5) is 6.74. The van der Waals surface area contributed by atoms with Gasteiger partial charge in [-0.15, -0.1) is 0 Å². The van der Waals surface area contributed by atoms with Crippen LogP contribution in [0.3, 0.4) is 0 Å². The standard InChI is InChI=1S/C11H23N3/c1-10(2)9-14-7-5-11(12-3,13-4)6-8-14/h10,13H,3,5-9H2,1-2,4H3. The lowest BCUT2D eigenvalue weighted by Gasteiger charge is -2.39. The normalized spacial score (nSPS) is 22.6. The second-order valence-corrected chi connectivity index (χ2v) is 4.63. The Hall–Kier alpha value is -0.410. The van der Waals surface area contributed by atoms with Gasteiger partial charge in [0.1, 0.15) is 5.66 Å². The fourth-order valence-electron chi connectivity index (χ4n) is 2.11. The molecule has 1 heterocycles. The number of likely N-dealkylation sites (tertiary alicyclic amines) is 1. The predicted octanol–water partition coefficient (Wildman–Crippen LogP) is 1.35. The molecule has 1 N–H and O–H groups in total. The van der Waals surface area contributed by atoms with Crippen molar-refractivity contribution in [1.29, 1.82) is 0 Å². The Morgan fingerprint density at radius 2 is 2.00 bits per heavy atom. The zero-order valence-electron chi connectivity index (χ0n) is 9.71. The summed E-state index contributed by atoms with van der Waals surface area (Å²) in [6.07, 6.45) is 2.17. The third-order valence-corrected chi connectivity index (χ3v) is 3.07. The van der Waals surface area contributed by atoms with Gasteiger partial charge in [-0.05, 0) is 32.5 Å². The lowest BCUT2D eigenvalue weighted by molar-refractivity contribution is 0.135. The van der Waals surface area contributed by atoms with Crippen LogP contribution in [0.25, 0.3) is 0 Å². The van der Waals surface area contributed by atoms with E-state index >= 15 is 0 Å². The Balaban J connectivity index is 2.40. The van der Waals surface area contributed by atoms with Gasteiger partial charge in [0, 0.05) is 19.6 Å². The van der Waals surface area contributed by atoms with Crippen LogP contribution in [0.15, 0.2) is 4.99 Å². The molecule has 3 nitrogen and oxygen atoms in total. The van der Waals surface area contributed by atoms with Gasteiger partial charge in [-0.3, -0.25) is 10.3 Å². The molecule has 1 saturated heterocycles. The van der Waals surface area contributed by atoms with E-state index in [9.17, 15) is 0 Å². The maximum atomic E-state index is 4.22. The number of nitrogens with zero attached hydrogens (tertiary/aromatic N) is 2. The minimum atomic E-state index is -0.0481. The summed E-state index contributed by atoms with van der Waals surface area (Å²) in [6, 6.07) is 0. The van der Waals surface area contributed by atoms with Gasteiger partial charge in [-0.2, -0.15) is 0 Å². The molecular weight excluding hydrogens is 174 g/mol. The fraction of sp³-hybridized carbons (Fsp3) is 0.909. The van der Waals surface area contributed by atoms with E-state index in [1.807, 2.05) is 7.05 Å². The number of nitrogens with one attached hydrogen (secondary N) is 1. The van der Waals surface area contributed by atoms with E-state index in [1.165, 1.54) is 6.54 Å². The summed E-state index contributed by atoms with van der Waals surface area (Å²) in [5.41, 5.74) is -0.0481. The van der Waals surface area contributed by atoms with Crippen LogP contribution < -0.4 is 5.32 Å². The SMILES string of the molecule is C=NC1(NC)CCN(CC(C)C)CC1. The van der Waals surface area contributed by atoms with E-state index in [2.05, 4.69) is 35.8 Å². The van der Waals surface area contributed by atoms with Crippen LogP contribution in [0.1, 0.15) is 26.7 Å². The van der Waals surface area contributed by atoms with Gasteiger partial charge in [-0.1, -0.05) is 13.8 Å². The smallest absolute Gasteiger partial charge is 0.112 e. The lowest BCUT2D eigenvalue weighted by Crippen LogP contribution is -2.51. The second-order valence-electron chi connectivity index (χ2n) is 4.63. The molecule has 0 aromatic carbocycles. The molecule has 0 atom stereocenters. The molecule has 0 aliphatic carbocycles. The number of hydrogen-bond acceptors (Lipinski definition) is 3. The number of aliphatic imine (C=N–C) groups is 1. The molecule has 0 bridgehead atoms. The molecule has 0 radical (unpaired) electrons. The van der Waals surface area contributed by atoms with Gasteiger partial charge >= 0.3 is 0 Å². The second kappa shape index (κ2) is 4.89. The highest BCUT2D eigenvalue weighted by Crippen LogP contribution is 2.23. The number of piperidine rings is 1. The van der Waals surface area contributed by atoms with Crippen molar-refractivity contribution in [1.82, 2.24) is 10.2 Å². The van der Waals surface area contributed by atoms with Crippen molar-refractivity contribution in [2.75, 3.05) is 26.7 Å². The zero-order valence-corrected chi connectivity index (χ0v) is 9.71. The van der Waals surface area contributed by atoms with Crippen LogP contribution in [0.2, 0.25) is 0 Å². The van der Waals surface area contributed by atoms with Gasteiger partial charge in [0.15, 0.2) is 0 Å². The first-order chi connectivity index (χ1) is 6.62. The molecule has 1 fully saturated rings. The minimum absolute atomic E-state index is 0.0481. The maximum Gasteiger partial charge on any atom is 0.112 e. The summed E-state index contributed by atoms with van der Waals surface area (Å²) in [6.45, 7) is 11.7. The topological polar surface area (TPSA) is 27.6 Å². The molecule has 0 aromatic heterocycles. The minimum Gasteiger partial charge on any atom is -0.303 e. The third-order valence-electron chi connectivity index (χ3n) is 3.07. The Bertz CT molecular complexity index is 181. The van der Waals surface area contributed by atoms with Gasteiger partial charge in [0.05, 0.1) is 0 Å². The third kappa shape index (κ3) is 2.79. The van der Waals surface area contributed by atoms with Gasteiger partial charge in [-0.25, -0.2) is 0 Å². The van der Waals surface area contributed by atoms with Gasteiger partial charge < -0.3 is 4.90 Å². The highest BCUT2D eigenvalue weighted by atomic mass is 15.2. The number of hydrogen-bond donors (Lipinski definition) is 1. The van der Waals surface area contributed by atoms with Crippen LogP contribution in [-0.4, -0.2) is 44.0 Å². The molecular formula is C11H23N3. The molecule has 1 aliphatic rings. The molecule has 82 valence electrons. The van der Waals surface area contributed by atoms with E-state index in [-0.39, 0.29) is 5.66 Å². The van der Waals surface area contributed by atoms with Crippen molar-refractivity contribution >= 4 is 6.72 Å². The summed E-state index contributed by atoms with van der Waals surface area (Å²) >= 11 is 0. The average Bonchev–Trinajstić information content (AvgIpc) is 2.19. The fourth-order valence-corrected chi connectivity index (χ4v) is 2.11. The van der Waals surface area contributed by atoms with E-state index in [1.54, 1.807) is 0 Å². The van der Waals surface area contributed by atoms with Crippen LogP contribution in [0.4, 0.5) is 0 Å². The molecule has 0 saturated carbocycles. The Morgan fingerprint density at radius 3 is 2.36 bits per heavy atom. The first kappa shape index (κ1) is 11.7.